The van der Waals surface area contributed by atoms with E-state index >= 15 is 0 Å². The van der Waals surface area contributed by atoms with Crippen LogP contribution in [0.3, 0.4) is 0 Å². The molecule has 3 N–H and O–H groups in total. The number of hydrogen-bond donors (Lipinski definition) is 2. The van der Waals surface area contributed by atoms with Gasteiger partial charge in [0, 0.05) is 19.1 Å². The van der Waals surface area contributed by atoms with E-state index in [0.717, 1.165) is 13.0 Å². The maximum Gasteiger partial charge on any atom is 0.253 e. The van der Waals surface area contributed by atoms with Gasteiger partial charge in [-0.2, -0.15) is 0 Å². The van der Waals surface area contributed by atoms with Crippen molar-refractivity contribution in [3.63, 3.8) is 0 Å². The number of amides is 1. The Balaban J connectivity index is 2.50. The number of likely N-dealkylation sites (N-methyl/N-ethyl adjacent to an activating group) is 1. The molecule has 0 aliphatic heterocycles. The molecule has 0 aliphatic rings. The van der Waals surface area contributed by atoms with Crippen molar-refractivity contribution in [2.45, 2.75) is 26.3 Å². The molecule has 0 saturated carbocycles. The summed E-state index contributed by atoms with van der Waals surface area (Å²) in [6.07, 6.45) is 2.47. The van der Waals surface area contributed by atoms with E-state index in [2.05, 4.69) is 29.0 Å². The molecule has 5 nitrogen and oxygen atoms in total. The minimum Gasteiger partial charge on any atom is -0.397 e. The number of rotatable bonds is 6. The van der Waals surface area contributed by atoms with Crippen LogP contribution in [0.1, 0.15) is 30.6 Å². The van der Waals surface area contributed by atoms with Crippen molar-refractivity contribution < 1.29 is 4.79 Å². The number of halogens is 1. The summed E-state index contributed by atoms with van der Waals surface area (Å²) in [6.45, 7) is 5.65. The monoisotopic (exact) mass is 284 g/mol. The van der Waals surface area contributed by atoms with Gasteiger partial charge in [-0.15, -0.1) is 0 Å². The molecule has 1 rings (SSSR count). The van der Waals surface area contributed by atoms with Crippen molar-refractivity contribution in [3.05, 3.63) is 23.0 Å². The highest BCUT2D eigenvalue weighted by Crippen LogP contribution is 2.14. The summed E-state index contributed by atoms with van der Waals surface area (Å²) in [5, 5.41) is 3.09. The molecule has 1 unspecified atom stereocenters. The molecule has 0 spiro atoms. The maximum absolute atomic E-state index is 11.9. The molecule has 6 heteroatoms. The zero-order valence-electron chi connectivity index (χ0n) is 11.6. The van der Waals surface area contributed by atoms with Crippen LogP contribution in [-0.4, -0.2) is 42.0 Å². The van der Waals surface area contributed by atoms with Crippen LogP contribution in [-0.2, 0) is 0 Å². The molecule has 1 heterocycles. The lowest BCUT2D eigenvalue weighted by Crippen LogP contribution is -2.37. The molecule has 0 radical (unpaired) electrons. The summed E-state index contributed by atoms with van der Waals surface area (Å²) >= 11 is 5.75. The van der Waals surface area contributed by atoms with Crippen molar-refractivity contribution in [1.29, 1.82) is 0 Å². The van der Waals surface area contributed by atoms with Gasteiger partial charge in [-0.25, -0.2) is 4.98 Å². The summed E-state index contributed by atoms with van der Waals surface area (Å²) in [5.41, 5.74) is 6.40. The number of nitrogens with one attached hydrogen (secondary N) is 1. The van der Waals surface area contributed by atoms with E-state index in [0.29, 0.717) is 23.8 Å². The van der Waals surface area contributed by atoms with Crippen LogP contribution >= 0.6 is 11.6 Å². The molecule has 0 aromatic carbocycles. The Morgan fingerprint density at radius 1 is 1.63 bits per heavy atom. The lowest BCUT2D eigenvalue weighted by atomic mass is 10.2. The van der Waals surface area contributed by atoms with Crippen LogP contribution in [0.15, 0.2) is 12.3 Å². The topological polar surface area (TPSA) is 71.2 Å². The first-order chi connectivity index (χ1) is 8.95. The average Bonchev–Trinajstić information content (AvgIpc) is 2.40. The number of anilines is 1. The van der Waals surface area contributed by atoms with Crippen LogP contribution in [0.5, 0.6) is 0 Å². The second kappa shape index (κ2) is 7.31. The van der Waals surface area contributed by atoms with Gasteiger partial charge in [0.25, 0.3) is 5.91 Å². The second-order valence-electron chi connectivity index (χ2n) is 4.59. The molecule has 0 bridgehead atoms. The molecule has 1 aromatic rings. The van der Waals surface area contributed by atoms with Gasteiger partial charge < -0.3 is 16.0 Å². The molecule has 0 fully saturated rings. The van der Waals surface area contributed by atoms with Crippen molar-refractivity contribution in [1.82, 2.24) is 15.2 Å². The summed E-state index contributed by atoms with van der Waals surface area (Å²) in [6, 6.07) is 1.97. The zero-order chi connectivity index (χ0) is 14.4. The Bertz CT molecular complexity index is 439. The van der Waals surface area contributed by atoms with E-state index in [9.17, 15) is 4.79 Å². The fourth-order valence-electron chi connectivity index (χ4n) is 1.61. The third-order valence-corrected chi connectivity index (χ3v) is 3.45. The Kier molecular flexibility index (Phi) is 6.05. The van der Waals surface area contributed by atoms with Gasteiger partial charge in [0.15, 0.2) is 0 Å². The van der Waals surface area contributed by atoms with Crippen molar-refractivity contribution in [2.75, 3.05) is 25.9 Å². The lowest BCUT2D eigenvalue weighted by Gasteiger charge is -2.23. The number of pyridine rings is 1. The number of carbonyl (C=O) groups is 1. The highest BCUT2D eigenvalue weighted by molar-refractivity contribution is 6.29. The third-order valence-electron chi connectivity index (χ3n) is 3.24. The van der Waals surface area contributed by atoms with Crippen LogP contribution in [0.25, 0.3) is 0 Å². The fourth-order valence-corrected chi connectivity index (χ4v) is 1.77. The standard InChI is InChI=1S/C13H21ClN4O/c1-4-9(2)18(3)6-5-16-13(19)10-7-12(14)17-8-11(10)15/h7-9H,4-6,15H2,1-3H3,(H,16,19). The van der Waals surface area contributed by atoms with Gasteiger partial charge in [-0.05, 0) is 26.5 Å². The zero-order valence-corrected chi connectivity index (χ0v) is 12.4. The van der Waals surface area contributed by atoms with E-state index in [4.69, 9.17) is 17.3 Å². The van der Waals surface area contributed by atoms with Crippen LogP contribution in [0.4, 0.5) is 5.69 Å². The largest absolute Gasteiger partial charge is 0.397 e. The number of carbonyl (C=O) groups excluding carboxylic acids is 1. The van der Waals surface area contributed by atoms with Gasteiger partial charge in [-0.3, -0.25) is 4.79 Å². The molecule has 0 aliphatic carbocycles. The number of aromatic nitrogens is 1. The molecule has 19 heavy (non-hydrogen) atoms. The molecule has 1 aromatic heterocycles. The molecule has 1 atom stereocenters. The molecular formula is C13H21ClN4O. The Morgan fingerprint density at radius 3 is 2.95 bits per heavy atom. The summed E-state index contributed by atoms with van der Waals surface area (Å²) in [7, 11) is 2.04. The third kappa shape index (κ3) is 4.69. The number of hydrogen-bond acceptors (Lipinski definition) is 4. The SMILES string of the molecule is CCC(C)N(C)CCNC(=O)c1cc(Cl)ncc1N. The predicted molar refractivity (Wildman–Crippen MR) is 78.4 cm³/mol. The van der Waals surface area contributed by atoms with Gasteiger partial charge in [0.2, 0.25) is 0 Å². The van der Waals surface area contributed by atoms with E-state index < -0.39 is 0 Å². The minimum atomic E-state index is -0.223. The highest BCUT2D eigenvalue weighted by Gasteiger charge is 2.11. The first-order valence-electron chi connectivity index (χ1n) is 6.35. The minimum absolute atomic E-state index is 0.223. The van der Waals surface area contributed by atoms with Gasteiger partial charge in [0.05, 0.1) is 17.4 Å². The van der Waals surface area contributed by atoms with Gasteiger partial charge in [0.1, 0.15) is 5.15 Å². The molecule has 1 amide bonds. The second-order valence-corrected chi connectivity index (χ2v) is 4.98. The molecule has 106 valence electrons. The Hall–Kier alpha value is -1.33. The smallest absolute Gasteiger partial charge is 0.253 e. The maximum atomic E-state index is 11.9. The van der Waals surface area contributed by atoms with E-state index in [1.165, 1.54) is 12.3 Å². The summed E-state index contributed by atoms with van der Waals surface area (Å²) in [4.78, 5) is 18.0. The quantitative estimate of drug-likeness (QED) is 0.781. The Morgan fingerprint density at radius 2 is 2.32 bits per heavy atom. The van der Waals surface area contributed by atoms with Crippen LogP contribution < -0.4 is 11.1 Å². The predicted octanol–water partition coefficient (Wildman–Crippen LogP) is 1.78. The van der Waals surface area contributed by atoms with Gasteiger partial charge in [-0.1, -0.05) is 18.5 Å². The lowest BCUT2D eigenvalue weighted by molar-refractivity contribution is 0.0948. The first kappa shape index (κ1) is 15.7. The van der Waals surface area contributed by atoms with Crippen molar-refractivity contribution >= 4 is 23.2 Å². The normalized spacial score (nSPS) is 12.5. The van der Waals surface area contributed by atoms with Crippen molar-refractivity contribution in [3.8, 4) is 0 Å². The Labute approximate surface area is 119 Å². The fraction of sp³-hybridized carbons (Fsp3) is 0.538. The number of nitrogens with zero attached hydrogens (tertiary/aromatic N) is 2. The van der Waals surface area contributed by atoms with Crippen LogP contribution in [0.2, 0.25) is 5.15 Å². The summed E-state index contributed by atoms with van der Waals surface area (Å²) < 4.78 is 0. The van der Waals surface area contributed by atoms with E-state index in [1.54, 1.807) is 0 Å². The van der Waals surface area contributed by atoms with Crippen molar-refractivity contribution in [2.24, 2.45) is 0 Å². The number of nitrogens with two attached hydrogens (primary N) is 1. The van der Waals surface area contributed by atoms with Crippen LogP contribution in [0, 0.1) is 0 Å². The first-order valence-corrected chi connectivity index (χ1v) is 6.73. The molecular weight excluding hydrogens is 264 g/mol. The summed E-state index contributed by atoms with van der Waals surface area (Å²) in [5.74, 6) is -0.223. The average molecular weight is 285 g/mol. The number of nitrogen functional groups attached to an aromatic ring is 1. The highest BCUT2D eigenvalue weighted by atomic mass is 35.5. The molecule has 0 saturated heterocycles. The van der Waals surface area contributed by atoms with Gasteiger partial charge >= 0.3 is 0 Å². The van der Waals surface area contributed by atoms with E-state index in [-0.39, 0.29) is 11.1 Å². The van der Waals surface area contributed by atoms with E-state index in [1.807, 2.05) is 7.05 Å².